The van der Waals surface area contributed by atoms with E-state index < -0.39 is 23.9 Å². The summed E-state index contributed by atoms with van der Waals surface area (Å²) in [4.78, 5) is 12.7. The van der Waals surface area contributed by atoms with E-state index in [4.69, 9.17) is 9.47 Å². The fourth-order valence-electron chi connectivity index (χ4n) is 3.24. The van der Waals surface area contributed by atoms with Gasteiger partial charge in [0.1, 0.15) is 6.10 Å². The summed E-state index contributed by atoms with van der Waals surface area (Å²) >= 11 is 0. The largest absolute Gasteiger partial charge is 0.459 e. The van der Waals surface area contributed by atoms with Crippen molar-refractivity contribution in [3.63, 3.8) is 0 Å². The summed E-state index contributed by atoms with van der Waals surface area (Å²) in [6, 6.07) is 6.90. The standard InChI is InChI=1S/C20H25F3O3/c1-13(2)15-11-10-14(3)17(12-15)26-18(24)19(25-4,20(21,22)23)16-8-6-5-7-9-16/h5-9,11,13-14,17H,10,12H2,1-4H3/t14-,17+,19-/m0/s1. The number of allylic oxidation sites excluding steroid dienone is 1. The average Bonchev–Trinajstić information content (AvgIpc) is 2.57. The van der Waals surface area contributed by atoms with Gasteiger partial charge in [-0.3, -0.25) is 0 Å². The smallest absolute Gasteiger partial charge is 0.432 e. The Morgan fingerprint density at radius 1 is 1.19 bits per heavy atom. The van der Waals surface area contributed by atoms with E-state index in [0.717, 1.165) is 12.7 Å². The number of rotatable bonds is 5. The van der Waals surface area contributed by atoms with Crippen LogP contribution in [0.15, 0.2) is 42.0 Å². The molecule has 0 N–H and O–H groups in total. The van der Waals surface area contributed by atoms with Crippen molar-refractivity contribution in [3.8, 4) is 0 Å². The summed E-state index contributed by atoms with van der Waals surface area (Å²) < 4.78 is 52.0. The Kier molecular flexibility index (Phi) is 6.17. The van der Waals surface area contributed by atoms with Gasteiger partial charge in [-0.25, -0.2) is 4.79 Å². The van der Waals surface area contributed by atoms with Gasteiger partial charge in [-0.1, -0.05) is 62.8 Å². The quantitative estimate of drug-likeness (QED) is 0.540. The van der Waals surface area contributed by atoms with E-state index in [1.54, 1.807) is 6.07 Å². The molecule has 0 bridgehead atoms. The molecule has 144 valence electrons. The van der Waals surface area contributed by atoms with Crippen molar-refractivity contribution >= 4 is 5.97 Å². The molecule has 0 saturated carbocycles. The van der Waals surface area contributed by atoms with Gasteiger partial charge in [-0.05, 0) is 18.3 Å². The molecule has 2 rings (SSSR count). The van der Waals surface area contributed by atoms with E-state index in [2.05, 4.69) is 6.08 Å². The Morgan fingerprint density at radius 3 is 2.31 bits per heavy atom. The minimum atomic E-state index is -4.95. The number of benzene rings is 1. The fraction of sp³-hybridized carbons (Fsp3) is 0.550. The van der Waals surface area contributed by atoms with Gasteiger partial charge in [0, 0.05) is 19.1 Å². The average molecular weight is 370 g/mol. The third-order valence-corrected chi connectivity index (χ3v) is 5.00. The van der Waals surface area contributed by atoms with E-state index in [0.29, 0.717) is 12.8 Å². The van der Waals surface area contributed by atoms with Gasteiger partial charge < -0.3 is 9.47 Å². The monoisotopic (exact) mass is 370 g/mol. The van der Waals surface area contributed by atoms with Crippen molar-refractivity contribution in [1.82, 2.24) is 0 Å². The molecule has 1 aliphatic rings. The summed E-state index contributed by atoms with van der Waals surface area (Å²) in [7, 11) is 0.880. The molecule has 0 amide bonds. The number of ether oxygens (including phenoxy) is 2. The lowest BCUT2D eigenvalue weighted by Crippen LogP contribution is -2.53. The first-order valence-corrected chi connectivity index (χ1v) is 8.70. The first-order valence-electron chi connectivity index (χ1n) is 8.70. The molecule has 3 atom stereocenters. The second-order valence-electron chi connectivity index (χ2n) is 7.04. The molecule has 26 heavy (non-hydrogen) atoms. The van der Waals surface area contributed by atoms with Crippen LogP contribution in [0, 0.1) is 11.8 Å². The van der Waals surface area contributed by atoms with E-state index in [-0.39, 0.29) is 17.4 Å². The molecule has 0 saturated heterocycles. The van der Waals surface area contributed by atoms with Gasteiger partial charge in [-0.15, -0.1) is 0 Å². The zero-order chi connectivity index (χ0) is 19.5. The van der Waals surface area contributed by atoms with Crippen LogP contribution in [0.3, 0.4) is 0 Å². The molecule has 1 aromatic rings. The van der Waals surface area contributed by atoms with Crippen molar-refractivity contribution < 1.29 is 27.4 Å². The number of hydrogen-bond donors (Lipinski definition) is 0. The normalized spacial score (nSPS) is 23.3. The highest BCUT2D eigenvalue weighted by Crippen LogP contribution is 2.44. The van der Waals surface area contributed by atoms with Crippen LogP contribution >= 0.6 is 0 Å². The SMILES string of the molecule is CO[C@](C(=O)O[C@@H]1CC(C(C)C)=CC[C@@H]1C)(c1ccccc1)C(F)(F)F. The predicted octanol–water partition coefficient (Wildman–Crippen LogP) is 5.01. The number of carbonyl (C=O) groups is 1. The molecule has 0 aliphatic heterocycles. The maximum atomic E-state index is 13.9. The summed E-state index contributed by atoms with van der Waals surface area (Å²) in [5.74, 6) is -1.21. The van der Waals surface area contributed by atoms with Crippen LogP contribution in [-0.2, 0) is 19.9 Å². The summed E-state index contributed by atoms with van der Waals surface area (Å²) in [5.41, 5.74) is -2.33. The number of hydrogen-bond acceptors (Lipinski definition) is 3. The van der Waals surface area contributed by atoms with Crippen LogP contribution in [-0.4, -0.2) is 25.4 Å². The molecule has 6 heteroatoms. The number of halogens is 3. The molecular weight excluding hydrogens is 345 g/mol. The van der Waals surface area contributed by atoms with Gasteiger partial charge in [0.25, 0.3) is 5.60 Å². The first-order chi connectivity index (χ1) is 12.1. The molecule has 0 aromatic heterocycles. The van der Waals surface area contributed by atoms with E-state index in [9.17, 15) is 18.0 Å². The van der Waals surface area contributed by atoms with E-state index in [1.165, 1.54) is 24.3 Å². The molecule has 0 unspecified atom stereocenters. The first kappa shape index (κ1) is 20.5. The Hall–Kier alpha value is -1.82. The molecule has 0 radical (unpaired) electrons. The van der Waals surface area contributed by atoms with Gasteiger partial charge in [0.2, 0.25) is 0 Å². The third-order valence-electron chi connectivity index (χ3n) is 5.00. The molecule has 0 spiro atoms. The fourth-order valence-corrected chi connectivity index (χ4v) is 3.24. The molecule has 3 nitrogen and oxygen atoms in total. The van der Waals surface area contributed by atoms with E-state index >= 15 is 0 Å². The second-order valence-corrected chi connectivity index (χ2v) is 7.04. The highest BCUT2D eigenvalue weighted by molar-refractivity contribution is 5.83. The maximum Gasteiger partial charge on any atom is 0.432 e. The van der Waals surface area contributed by atoms with Crippen LogP contribution in [0.2, 0.25) is 0 Å². The summed E-state index contributed by atoms with van der Waals surface area (Å²) in [6.07, 6.45) is -2.36. The highest BCUT2D eigenvalue weighted by atomic mass is 19.4. The second kappa shape index (κ2) is 7.82. The summed E-state index contributed by atoms with van der Waals surface area (Å²) in [6.45, 7) is 5.90. The van der Waals surface area contributed by atoms with Crippen molar-refractivity contribution in [1.29, 1.82) is 0 Å². The Bertz CT molecular complexity index is 652. The Balaban J connectivity index is 2.35. The lowest BCUT2D eigenvalue weighted by Gasteiger charge is -2.36. The Morgan fingerprint density at radius 2 is 1.81 bits per heavy atom. The Labute approximate surface area is 152 Å². The topological polar surface area (TPSA) is 35.5 Å². The van der Waals surface area contributed by atoms with Crippen LogP contribution in [0.1, 0.15) is 39.2 Å². The van der Waals surface area contributed by atoms with Crippen molar-refractivity contribution in [2.45, 2.75) is 51.5 Å². The number of alkyl halides is 3. The number of methoxy groups -OCH3 is 1. The summed E-state index contributed by atoms with van der Waals surface area (Å²) in [5, 5.41) is 0. The molecule has 0 heterocycles. The lowest BCUT2D eigenvalue weighted by molar-refractivity contribution is -0.279. The van der Waals surface area contributed by atoms with Crippen LogP contribution in [0.4, 0.5) is 13.2 Å². The van der Waals surface area contributed by atoms with Crippen LogP contribution in [0.25, 0.3) is 0 Å². The zero-order valence-corrected chi connectivity index (χ0v) is 15.5. The number of esters is 1. The van der Waals surface area contributed by atoms with Crippen molar-refractivity contribution in [3.05, 3.63) is 47.5 Å². The molecule has 1 aromatic carbocycles. The third kappa shape index (κ3) is 3.80. The van der Waals surface area contributed by atoms with Crippen molar-refractivity contribution in [2.75, 3.05) is 7.11 Å². The zero-order valence-electron chi connectivity index (χ0n) is 15.5. The minimum absolute atomic E-state index is 0.0555. The van der Waals surface area contributed by atoms with E-state index in [1.807, 2.05) is 20.8 Å². The molecule has 0 fully saturated rings. The van der Waals surface area contributed by atoms with Gasteiger partial charge in [0.05, 0.1) is 0 Å². The highest BCUT2D eigenvalue weighted by Gasteiger charge is 2.64. The minimum Gasteiger partial charge on any atom is -0.459 e. The number of carbonyl (C=O) groups excluding carboxylic acids is 1. The van der Waals surface area contributed by atoms with Gasteiger partial charge in [0.15, 0.2) is 0 Å². The van der Waals surface area contributed by atoms with Crippen LogP contribution in [0.5, 0.6) is 0 Å². The van der Waals surface area contributed by atoms with Crippen LogP contribution < -0.4 is 0 Å². The predicted molar refractivity (Wildman–Crippen MR) is 92.4 cm³/mol. The molecular formula is C20H25F3O3. The van der Waals surface area contributed by atoms with Gasteiger partial charge >= 0.3 is 12.1 Å². The lowest BCUT2D eigenvalue weighted by atomic mass is 9.83. The maximum absolute atomic E-state index is 13.9. The molecule has 1 aliphatic carbocycles. The van der Waals surface area contributed by atoms with Crippen molar-refractivity contribution in [2.24, 2.45) is 11.8 Å². The van der Waals surface area contributed by atoms with Gasteiger partial charge in [-0.2, -0.15) is 13.2 Å².